The summed E-state index contributed by atoms with van der Waals surface area (Å²) >= 11 is 0. The third kappa shape index (κ3) is 3.85. The van der Waals surface area contributed by atoms with Crippen LogP contribution in [0.3, 0.4) is 0 Å². The van der Waals surface area contributed by atoms with Crippen molar-refractivity contribution in [1.82, 2.24) is 5.06 Å². The standard InChI is InChI=1S/C12H15F2NO2/c13-12(14)16-10-4-6-11(7-5-10)17-15-8-2-1-3-9-15/h4-7,12H,1-3,8-9H2. The van der Waals surface area contributed by atoms with Crippen LogP contribution in [-0.4, -0.2) is 24.8 Å². The average molecular weight is 243 g/mol. The van der Waals surface area contributed by atoms with Crippen molar-refractivity contribution in [2.75, 3.05) is 13.1 Å². The molecule has 2 rings (SSSR count). The van der Waals surface area contributed by atoms with Crippen molar-refractivity contribution in [3.05, 3.63) is 24.3 Å². The number of halogens is 2. The van der Waals surface area contributed by atoms with Crippen molar-refractivity contribution in [3.8, 4) is 11.5 Å². The third-order valence-corrected chi connectivity index (χ3v) is 2.60. The number of piperidine rings is 1. The van der Waals surface area contributed by atoms with E-state index in [1.54, 1.807) is 12.1 Å². The molecule has 0 saturated carbocycles. The summed E-state index contributed by atoms with van der Waals surface area (Å²) in [6.07, 6.45) is 3.50. The van der Waals surface area contributed by atoms with Crippen LogP contribution in [0.1, 0.15) is 19.3 Å². The van der Waals surface area contributed by atoms with Gasteiger partial charge in [-0.2, -0.15) is 8.78 Å². The van der Waals surface area contributed by atoms with Crippen molar-refractivity contribution in [1.29, 1.82) is 0 Å². The van der Waals surface area contributed by atoms with Crippen LogP contribution in [-0.2, 0) is 0 Å². The van der Waals surface area contributed by atoms with Crippen LogP contribution in [0.25, 0.3) is 0 Å². The molecule has 1 saturated heterocycles. The number of nitrogens with zero attached hydrogens (tertiary/aromatic N) is 1. The van der Waals surface area contributed by atoms with Crippen LogP contribution >= 0.6 is 0 Å². The molecule has 1 aliphatic heterocycles. The van der Waals surface area contributed by atoms with E-state index < -0.39 is 6.61 Å². The molecular formula is C12H15F2NO2. The molecule has 0 spiro atoms. The lowest BCUT2D eigenvalue weighted by atomic mass is 10.2. The molecule has 0 amide bonds. The van der Waals surface area contributed by atoms with E-state index in [1.165, 1.54) is 18.6 Å². The van der Waals surface area contributed by atoms with Crippen LogP contribution in [0, 0.1) is 0 Å². The minimum Gasteiger partial charge on any atom is -0.435 e. The van der Waals surface area contributed by atoms with Gasteiger partial charge in [0.05, 0.1) is 0 Å². The Bertz CT molecular complexity index is 337. The fourth-order valence-electron chi connectivity index (χ4n) is 1.79. The first-order valence-corrected chi connectivity index (χ1v) is 5.72. The van der Waals surface area contributed by atoms with E-state index in [0.717, 1.165) is 25.9 Å². The van der Waals surface area contributed by atoms with Crippen molar-refractivity contribution in [3.63, 3.8) is 0 Å². The quantitative estimate of drug-likeness (QED) is 0.811. The second kappa shape index (κ2) is 5.82. The lowest BCUT2D eigenvalue weighted by molar-refractivity contribution is -0.0723. The molecule has 17 heavy (non-hydrogen) atoms. The Morgan fingerprint density at radius 3 is 2.12 bits per heavy atom. The molecule has 1 fully saturated rings. The minimum atomic E-state index is -2.79. The number of ether oxygens (including phenoxy) is 1. The lowest BCUT2D eigenvalue weighted by Gasteiger charge is -2.26. The molecule has 0 aliphatic carbocycles. The maximum Gasteiger partial charge on any atom is 0.387 e. The zero-order chi connectivity index (χ0) is 12.1. The fourth-order valence-corrected chi connectivity index (χ4v) is 1.79. The molecule has 0 bridgehead atoms. The van der Waals surface area contributed by atoms with Gasteiger partial charge in [0.2, 0.25) is 0 Å². The number of rotatable bonds is 4. The molecule has 1 heterocycles. The first-order chi connectivity index (χ1) is 8.24. The maximum absolute atomic E-state index is 11.9. The minimum absolute atomic E-state index is 0.144. The van der Waals surface area contributed by atoms with Gasteiger partial charge in [0.1, 0.15) is 11.5 Å². The maximum atomic E-state index is 11.9. The summed E-state index contributed by atoms with van der Waals surface area (Å²) in [4.78, 5) is 5.61. The highest BCUT2D eigenvalue weighted by Crippen LogP contribution is 2.21. The second-order valence-electron chi connectivity index (χ2n) is 3.93. The molecule has 1 aromatic carbocycles. The van der Waals surface area contributed by atoms with Gasteiger partial charge in [-0.15, -0.1) is 5.06 Å². The molecule has 0 aromatic heterocycles. The van der Waals surface area contributed by atoms with Crippen molar-refractivity contribution in [2.24, 2.45) is 0 Å². The molecule has 1 aromatic rings. The van der Waals surface area contributed by atoms with E-state index in [4.69, 9.17) is 4.84 Å². The van der Waals surface area contributed by atoms with E-state index in [2.05, 4.69) is 4.74 Å². The third-order valence-electron chi connectivity index (χ3n) is 2.60. The molecule has 0 unspecified atom stereocenters. The smallest absolute Gasteiger partial charge is 0.387 e. The number of hydrogen-bond donors (Lipinski definition) is 0. The predicted molar refractivity (Wildman–Crippen MR) is 59.1 cm³/mol. The number of hydrogen-bond acceptors (Lipinski definition) is 3. The van der Waals surface area contributed by atoms with Gasteiger partial charge < -0.3 is 9.57 Å². The predicted octanol–water partition coefficient (Wildman–Crippen LogP) is 3.07. The molecule has 0 N–H and O–H groups in total. The van der Waals surface area contributed by atoms with Crippen molar-refractivity contribution < 1.29 is 18.4 Å². The van der Waals surface area contributed by atoms with Gasteiger partial charge in [0.15, 0.2) is 0 Å². The van der Waals surface area contributed by atoms with Gasteiger partial charge in [-0.25, -0.2) is 0 Å². The Kier molecular flexibility index (Phi) is 4.14. The van der Waals surface area contributed by atoms with E-state index in [0.29, 0.717) is 5.75 Å². The Morgan fingerprint density at radius 2 is 1.53 bits per heavy atom. The highest BCUT2D eigenvalue weighted by molar-refractivity contribution is 5.31. The summed E-state index contributed by atoms with van der Waals surface area (Å²) < 4.78 is 28.1. The molecule has 3 nitrogen and oxygen atoms in total. The summed E-state index contributed by atoms with van der Waals surface area (Å²) in [6.45, 7) is -0.964. The zero-order valence-corrected chi connectivity index (χ0v) is 9.44. The zero-order valence-electron chi connectivity index (χ0n) is 9.44. The first kappa shape index (κ1) is 12.1. The van der Waals surface area contributed by atoms with Gasteiger partial charge in [0.25, 0.3) is 0 Å². The molecular weight excluding hydrogens is 228 g/mol. The molecule has 0 atom stereocenters. The molecule has 5 heteroatoms. The Balaban J connectivity index is 1.88. The molecule has 94 valence electrons. The Morgan fingerprint density at radius 1 is 0.941 bits per heavy atom. The van der Waals surface area contributed by atoms with E-state index in [-0.39, 0.29) is 5.75 Å². The molecule has 1 aliphatic rings. The topological polar surface area (TPSA) is 21.7 Å². The van der Waals surface area contributed by atoms with Crippen molar-refractivity contribution >= 4 is 0 Å². The van der Waals surface area contributed by atoms with Crippen LogP contribution in [0.5, 0.6) is 11.5 Å². The second-order valence-corrected chi connectivity index (χ2v) is 3.93. The fraction of sp³-hybridized carbons (Fsp3) is 0.500. The van der Waals surface area contributed by atoms with Gasteiger partial charge >= 0.3 is 6.61 Å². The number of hydroxylamine groups is 2. The summed E-state index contributed by atoms with van der Waals surface area (Å²) in [6, 6.07) is 6.22. The Labute approximate surface area is 98.9 Å². The summed E-state index contributed by atoms with van der Waals surface area (Å²) in [5.41, 5.74) is 0. The van der Waals surface area contributed by atoms with Crippen LogP contribution < -0.4 is 9.57 Å². The first-order valence-electron chi connectivity index (χ1n) is 5.72. The number of alkyl halides is 2. The summed E-state index contributed by atoms with van der Waals surface area (Å²) in [5, 5.41) is 1.90. The van der Waals surface area contributed by atoms with Gasteiger partial charge in [0, 0.05) is 13.1 Å². The average Bonchev–Trinajstić information content (AvgIpc) is 2.32. The monoisotopic (exact) mass is 243 g/mol. The Hall–Kier alpha value is -1.36. The van der Waals surface area contributed by atoms with Crippen LogP contribution in [0.2, 0.25) is 0 Å². The van der Waals surface area contributed by atoms with Crippen LogP contribution in [0.4, 0.5) is 8.78 Å². The molecule has 0 radical (unpaired) electrons. The lowest BCUT2D eigenvalue weighted by Crippen LogP contribution is -2.32. The highest BCUT2D eigenvalue weighted by atomic mass is 19.3. The van der Waals surface area contributed by atoms with Gasteiger partial charge in [-0.3, -0.25) is 0 Å². The van der Waals surface area contributed by atoms with E-state index in [9.17, 15) is 8.78 Å². The highest BCUT2D eigenvalue weighted by Gasteiger charge is 2.11. The normalized spacial score (nSPS) is 17.1. The SMILES string of the molecule is FC(F)Oc1ccc(ON2CCCCC2)cc1. The van der Waals surface area contributed by atoms with Gasteiger partial charge in [-0.1, -0.05) is 6.42 Å². The summed E-state index contributed by atoms with van der Waals surface area (Å²) in [7, 11) is 0. The van der Waals surface area contributed by atoms with E-state index >= 15 is 0 Å². The van der Waals surface area contributed by atoms with Gasteiger partial charge in [-0.05, 0) is 37.1 Å². The summed E-state index contributed by atoms with van der Waals surface area (Å²) in [5.74, 6) is 0.791. The van der Waals surface area contributed by atoms with Crippen LogP contribution in [0.15, 0.2) is 24.3 Å². The number of benzene rings is 1. The largest absolute Gasteiger partial charge is 0.435 e. The van der Waals surface area contributed by atoms with E-state index in [1.807, 2.05) is 5.06 Å². The van der Waals surface area contributed by atoms with Crippen molar-refractivity contribution in [2.45, 2.75) is 25.9 Å².